The van der Waals surface area contributed by atoms with Crippen LogP contribution in [0.25, 0.3) is 6.08 Å². The second-order valence-corrected chi connectivity index (χ2v) is 9.68. The Balaban J connectivity index is 1.22. The molecule has 2 aromatic rings. The second-order valence-electron chi connectivity index (χ2n) is 8.69. The zero-order chi connectivity index (χ0) is 24.9. The highest BCUT2D eigenvalue weighted by Gasteiger charge is 2.34. The minimum absolute atomic E-state index is 0.0748. The van der Waals surface area contributed by atoms with Gasteiger partial charge >= 0.3 is 0 Å². The zero-order valence-corrected chi connectivity index (χ0v) is 20.7. The van der Waals surface area contributed by atoms with Gasteiger partial charge in [0.2, 0.25) is 5.91 Å². The van der Waals surface area contributed by atoms with Gasteiger partial charge in [-0.1, -0.05) is 30.3 Å². The molecule has 0 atom stereocenters. The average molecular weight is 497 g/mol. The lowest BCUT2D eigenvalue weighted by atomic mass is 10.1. The van der Waals surface area contributed by atoms with E-state index >= 15 is 0 Å². The van der Waals surface area contributed by atoms with Crippen LogP contribution in [-0.4, -0.2) is 72.7 Å². The Kier molecular flexibility index (Phi) is 7.87. The first-order chi connectivity index (χ1) is 16.8. The molecule has 2 aliphatic heterocycles. The highest BCUT2D eigenvalue weighted by Crippen LogP contribution is 2.32. The summed E-state index contributed by atoms with van der Waals surface area (Å²) in [6.45, 7) is 8.04. The van der Waals surface area contributed by atoms with E-state index in [0.717, 1.165) is 42.8 Å². The fraction of sp³-hybridized carbons (Fsp3) is 0.346. The van der Waals surface area contributed by atoms with Gasteiger partial charge < -0.3 is 10.2 Å². The molecule has 0 saturated carbocycles. The van der Waals surface area contributed by atoms with E-state index in [1.807, 2.05) is 0 Å². The molecule has 3 amide bonds. The first-order valence-electron chi connectivity index (χ1n) is 11.6. The summed E-state index contributed by atoms with van der Waals surface area (Å²) in [5.41, 5.74) is 4.06. The third-order valence-electron chi connectivity index (χ3n) is 6.38. The normalized spacial score (nSPS) is 18.0. The van der Waals surface area contributed by atoms with Gasteiger partial charge in [-0.05, 0) is 54.9 Å². The second kappa shape index (κ2) is 11.0. The summed E-state index contributed by atoms with van der Waals surface area (Å²) in [5.74, 6) is -1.07. The van der Waals surface area contributed by atoms with Crippen molar-refractivity contribution in [3.63, 3.8) is 0 Å². The molecular formula is C26H29FN4O3S. The molecule has 4 rings (SSSR count). The number of carbonyl (C=O) groups excluding carboxylic acids is 3. The first kappa shape index (κ1) is 24.9. The van der Waals surface area contributed by atoms with Gasteiger partial charge in [-0.3, -0.25) is 24.2 Å². The maximum absolute atomic E-state index is 13.9. The number of carbonyl (C=O) groups is 3. The molecule has 2 heterocycles. The lowest BCUT2D eigenvalue weighted by Crippen LogP contribution is -2.50. The summed E-state index contributed by atoms with van der Waals surface area (Å²) in [6, 6.07) is 12.4. The number of halogens is 1. The average Bonchev–Trinajstić information content (AvgIpc) is 3.10. The van der Waals surface area contributed by atoms with Crippen molar-refractivity contribution in [2.75, 3.05) is 50.7 Å². The summed E-state index contributed by atoms with van der Waals surface area (Å²) >= 11 is 0.779. The Bertz CT molecular complexity index is 1160. The van der Waals surface area contributed by atoms with E-state index in [1.165, 1.54) is 29.0 Å². The van der Waals surface area contributed by atoms with Crippen LogP contribution in [0.4, 0.5) is 14.9 Å². The van der Waals surface area contributed by atoms with Gasteiger partial charge in [0.1, 0.15) is 5.82 Å². The van der Waals surface area contributed by atoms with Gasteiger partial charge in [0.15, 0.2) is 0 Å². The van der Waals surface area contributed by atoms with Crippen LogP contribution in [-0.2, 0) is 9.59 Å². The standard InChI is InChI=1S/C26H29FN4O3S/c1-18-6-5-9-22(19(18)2)30-14-12-29(13-15-30)17-24(32)28-10-11-31-25(33)23(35-26(31)34)16-20-7-3-4-8-21(20)27/h3-9,16H,10-15,17H2,1-2H3,(H,28,32)/b23-16-. The van der Waals surface area contributed by atoms with Gasteiger partial charge in [-0.2, -0.15) is 0 Å². The molecule has 2 aliphatic rings. The van der Waals surface area contributed by atoms with E-state index < -0.39 is 17.0 Å². The van der Waals surface area contributed by atoms with Crippen molar-refractivity contribution in [2.24, 2.45) is 0 Å². The number of rotatable bonds is 7. The van der Waals surface area contributed by atoms with Gasteiger partial charge in [-0.15, -0.1) is 0 Å². The number of nitrogens with one attached hydrogen (secondary N) is 1. The lowest BCUT2D eigenvalue weighted by molar-refractivity contribution is -0.124. The molecule has 9 heteroatoms. The van der Waals surface area contributed by atoms with Crippen LogP contribution >= 0.6 is 11.8 Å². The molecule has 184 valence electrons. The van der Waals surface area contributed by atoms with Gasteiger partial charge in [0, 0.05) is 50.5 Å². The maximum atomic E-state index is 13.9. The predicted molar refractivity (Wildman–Crippen MR) is 137 cm³/mol. The molecule has 0 unspecified atom stereocenters. The van der Waals surface area contributed by atoms with Crippen molar-refractivity contribution in [3.05, 3.63) is 69.9 Å². The van der Waals surface area contributed by atoms with E-state index in [-0.39, 0.29) is 36.0 Å². The molecular weight excluding hydrogens is 467 g/mol. The molecule has 2 fully saturated rings. The number of hydrogen-bond acceptors (Lipinski definition) is 6. The summed E-state index contributed by atoms with van der Waals surface area (Å²) in [7, 11) is 0. The van der Waals surface area contributed by atoms with Crippen LogP contribution in [0.3, 0.4) is 0 Å². The Hall–Kier alpha value is -3.17. The number of piperazine rings is 1. The fourth-order valence-electron chi connectivity index (χ4n) is 4.22. The summed E-state index contributed by atoms with van der Waals surface area (Å²) in [4.78, 5) is 43.0. The molecule has 2 saturated heterocycles. The smallest absolute Gasteiger partial charge is 0.293 e. The Morgan fingerprint density at radius 1 is 1.06 bits per heavy atom. The van der Waals surface area contributed by atoms with Crippen LogP contribution in [0.2, 0.25) is 0 Å². The van der Waals surface area contributed by atoms with Gasteiger partial charge in [-0.25, -0.2) is 4.39 Å². The third kappa shape index (κ3) is 5.91. The van der Waals surface area contributed by atoms with Gasteiger partial charge in [0.25, 0.3) is 11.1 Å². The van der Waals surface area contributed by atoms with Gasteiger partial charge in [0.05, 0.1) is 11.4 Å². The van der Waals surface area contributed by atoms with Crippen LogP contribution < -0.4 is 10.2 Å². The molecule has 1 N–H and O–H groups in total. The number of imide groups is 1. The Morgan fingerprint density at radius 3 is 2.54 bits per heavy atom. The topological polar surface area (TPSA) is 73.0 Å². The molecule has 0 radical (unpaired) electrons. The van der Waals surface area contributed by atoms with Crippen molar-refractivity contribution < 1.29 is 18.8 Å². The van der Waals surface area contributed by atoms with Crippen molar-refractivity contribution in [1.82, 2.24) is 15.1 Å². The van der Waals surface area contributed by atoms with Crippen molar-refractivity contribution in [1.29, 1.82) is 0 Å². The number of anilines is 1. The molecule has 35 heavy (non-hydrogen) atoms. The summed E-state index contributed by atoms with van der Waals surface area (Å²) in [5, 5.41) is 2.38. The number of nitrogens with zero attached hydrogens (tertiary/aromatic N) is 3. The Morgan fingerprint density at radius 2 is 1.80 bits per heavy atom. The SMILES string of the molecule is Cc1cccc(N2CCN(CC(=O)NCCN3C(=O)S/C(=C\c4ccccc4F)C3=O)CC2)c1C. The highest BCUT2D eigenvalue weighted by atomic mass is 32.2. The van der Waals surface area contributed by atoms with Crippen molar-refractivity contribution in [2.45, 2.75) is 13.8 Å². The maximum Gasteiger partial charge on any atom is 0.293 e. The molecule has 0 aliphatic carbocycles. The van der Waals surface area contributed by atoms with Crippen LogP contribution in [0.1, 0.15) is 16.7 Å². The Labute approximate surface area is 208 Å². The molecule has 0 spiro atoms. The summed E-state index contributed by atoms with van der Waals surface area (Å²) < 4.78 is 13.9. The van der Waals surface area contributed by atoms with E-state index in [4.69, 9.17) is 0 Å². The monoisotopic (exact) mass is 496 g/mol. The lowest BCUT2D eigenvalue weighted by Gasteiger charge is -2.36. The van der Waals surface area contributed by atoms with Crippen molar-refractivity contribution >= 4 is 40.6 Å². The predicted octanol–water partition coefficient (Wildman–Crippen LogP) is 3.42. The molecule has 0 aromatic heterocycles. The number of benzene rings is 2. The largest absolute Gasteiger partial charge is 0.369 e. The molecule has 7 nitrogen and oxygen atoms in total. The van der Waals surface area contributed by atoms with Crippen LogP contribution in [0, 0.1) is 19.7 Å². The fourth-order valence-corrected chi connectivity index (χ4v) is 5.07. The van der Waals surface area contributed by atoms with E-state index in [1.54, 1.807) is 18.2 Å². The molecule has 0 bridgehead atoms. The zero-order valence-electron chi connectivity index (χ0n) is 19.9. The van der Waals surface area contributed by atoms with Crippen LogP contribution in [0.5, 0.6) is 0 Å². The van der Waals surface area contributed by atoms with Crippen molar-refractivity contribution in [3.8, 4) is 0 Å². The van der Waals surface area contributed by atoms with E-state index in [2.05, 4.69) is 47.2 Å². The van der Waals surface area contributed by atoms with E-state index in [0.29, 0.717) is 0 Å². The minimum Gasteiger partial charge on any atom is -0.369 e. The quantitative estimate of drug-likeness (QED) is 0.593. The van der Waals surface area contributed by atoms with E-state index in [9.17, 15) is 18.8 Å². The highest BCUT2D eigenvalue weighted by molar-refractivity contribution is 8.18. The first-order valence-corrected chi connectivity index (χ1v) is 12.5. The number of hydrogen-bond donors (Lipinski definition) is 1. The third-order valence-corrected chi connectivity index (χ3v) is 7.29. The minimum atomic E-state index is -0.472. The molecule has 2 aromatic carbocycles. The number of amides is 3. The number of aryl methyl sites for hydroxylation is 1. The summed E-state index contributed by atoms with van der Waals surface area (Å²) in [6.07, 6.45) is 1.39. The number of thioether (sulfide) groups is 1. The van der Waals surface area contributed by atoms with Crippen LogP contribution in [0.15, 0.2) is 47.4 Å².